The van der Waals surface area contributed by atoms with Crippen molar-refractivity contribution in [3.8, 4) is 0 Å². The van der Waals surface area contributed by atoms with Crippen LogP contribution in [0.4, 0.5) is 0 Å². The van der Waals surface area contributed by atoms with Crippen molar-refractivity contribution < 1.29 is 28.7 Å². The average Bonchev–Trinajstić information content (AvgIpc) is 3.57. The van der Waals surface area contributed by atoms with Gasteiger partial charge in [0.25, 0.3) is 11.8 Å². The fourth-order valence-electron chi connectivity index (χ4n) is 5.53. The fraction of sp³-hybridized carbons (Fsp3) is 0.742. The van der Waals surface area contributed by atoms with Gasteiger partial charge in [0.2, 0.25) is 11.8 Å². The molecule has 4 amide bonds. The van der Waals surface area contributed by atoms with Crippen molar-refractivity contribution in [1.82, 2.24) is 9.80 Å². The lowest BCUT2D eigenvalue weighted by molar-refractivity contribution is -0.147. The van der Waals surface area contributed by atoms with E-state index in [9.17, 15) is 19.2 Å². The van der Waals surface area contributed by atoms with E-state index < -0.39 is 0 Å². The second-order valence-electron chi connectivity index (χ2n) is 13.0. The van der Waals surface area contributed by atoms with Crippen LogP contribution in [0.25, 0.3) is 0 Å². The van der Waals surface area contributed by atoms with Gasteiger partial charge in [-0.05, 0) is 67.3 Å². The van der Waals surface area contributed by atoms with Gasteiger partial charge in [0.15, 0.2) is 0 Å². The highest BCUT2D eigenvalue weighted by Crippen LogP contribution is 2.41. The molecule has 4 rings (SSSR count). The maximum atomic E-state index is 12.7. The Hall–Kier alpha value is -1.62. The van der Waals surface area contributed by atoms with Crippen molar-refractivity contribution in [2.24, 2.45) is 22.7 Å². The first-order valence-corrected chi connectivity index (χ1v) is 17.0. The summed E-state index contributed by atoms with van der Waals surface area (Å²) in [6.45, 7) is 12.1. The van der Waals surface area contributed by atoms with Crippen LogP contribution >= 0.6 is 23.5 Å². The number of amides is 4. The molecular formula is C31H46N2O6S2. The third-order valence-electron chi connectivity index (χ3n) is 8.68. The highest BCUT2D eigenvalue weighted by molar-refractivity contribution is 8.03. The summed E-state index contributed by atoms with van der Waals surface area (Å²) in [7, 11) is 0. The van der Waals surface area contributed by atoms with Gasteiger partial charge in [-0.25, -0.2) is 0 Å². The van der Waals surface area contributed by atoms with E-state index in [1.54, 1.807) is 35.7 Å². The summed E-state index contributed by atoms with van der Waals surface area (Å²) in [5.74, 6) is 1.22. The Kier molecular flexibility index (Phi) is 11.2. The number of carbonyl (C=O) groups excluding carboxylic acids is 4. The third kappa shape index (κ3) is 8.71. The molecule has 4 aliphatic rings. The molecule has 2 saturated heterocycles. The number of carbonyl (C=O) groups is 4. The zero-order valence-electron chi connectivity index (χ0n) is 25.1. The van der Waals surface area contributed by atoms with Gasteiger partial charge in [-0.1, -0.05) is 27.7 Å². The minimum Gasteiger partial charge on any atom is -0.381 e. The molecule has 0 aromatic heterocycles. The molecule has 0 radical (unpaired) electrons. The number of thioether (sulfide) groups is 2. The van der Waals surface area contributed by atoms with Crippen LogP contribution in [-0.2, 0) is 28.7 Å². The van der Waals surface area contributed by atoms with Crippen LogP contribution in [0, 0.1) is 22.7 Å². The Morgan fingerprint density at radius 2 is 1.10 bits per heavy atom. The normalized spacial score (nSPS) is 23.2. The number of fused-ring (bicyclic) bond motifs is 2. The first kappa shape index (κ1) is 32.3. The summed E-state index contributed by atoms with van der Waals surface area (Å²) in [5, 5.41) is 0. The van der Waals surface area contributed by atoms with Gasteiger partial charge < -0.3 is 9.47 Å². The highest BCUT2D eigenvalue weighted by Gasteiger charge is 2.40. The van der Waals surface area contributed by atoms with Crippen molar-refractivity contribution in [2.45, 2.75) is 72.6 Å². The molecule has 0 N–H and O–H groups in total. The first-order valence-electron chi connectivity index (χ1n) is 15.0. The van der Waals surface area contributed by atoms with Gasteiger partial charge >= 0.3 is 0 Å². The minimum absolute atomic E-state index is 0.0285. The number of imide groups is 2. The van der Waals surface area contributed by atoms with Crippen LogP contribution in [-0.4, -0.2) is 84.5 Å². The van der Waals surface area contributed by atoms with E-state index in [1.165, 1.54) is 9.80 Å². The Labute approximate surface area is 253 Å². The molecule has 10 heteroatoms. The monoisotopic (exact) mass is 606 g/mol. The number of nitrogens with zero attached hydrogens (tertiary/aromatic N) is 2. The minimum atomic E-state index is -0.169. The predicted molar refractivity (Wildman–Crippen MR) is 163 cm³/mol. The Bertz CT molecular complexity index is 987. The lowest BCUT2D eigenvalue weighted by Crippen LogP contribution is -2.44. The van der Waals surface area contributed by atoms with E-state index in [2.05, 4.69) is 27.7 Å². The van der Waals surface area contributed by atoms with Crippen LogP contribution in [0.5, 0.6) is 0 Å². The summed E-state index contributed by atoms with van der Waals surface area (Å²) in [6, 6.07) is 0. The second-order valence-corrected chi connectivity index (χ2v) is 15.4. The van der Waals surface area contributed by atoms with E-state index >= 15 is 0 Å². The standard InChI is InChI=1S/C31H46N2O6S2/c1-30(2,8-12-32-26(34)20-24-22(28(32)36)6-18-40-24)10-16-38-14-5-15-39-17-11-31(3,4)9-13-33-27(35)21-25-23(29(33)37)7-19-41-25/h20-23H,5-19H2,1-4H3. The molecule has 0 aromatic rings. The molecule has 2 unspecified atom stereocenters. The van der Waals surface area contributed by atoms with Gasteiger partial charge in [0.1, 0.15) is 0 Å². The van der Waals surface area contributed by atoms with Gasteiger partial charge in [0, 0.05) is 61.5 Å². The Morgan fingerprint density at radius 1 is 0.683 bits per heavy atom. The second kappa shape index (κ2) is 14.2. The van der Waals surface area contributed by atoms with E-state index in [0.29, 0.717) is 39.5 Å². The van der Waals surface area contributed by atoms with Crippen LogP contribution < -0.4 is 0 Å². The zero-order chi connectivity index (χ0) is 29.6. The summed E-state index contributed by atoms with van der Waals surface area (Å²) in [5.41, 5.74) is -0.0652. The van der Waals surface area contributed by atoms with Crippen LogP contribution in [0.15, 0.2) is 22.0 Å². The van der Waals surface area contributed by atoms with Crippen molar-refractivity contribution in [3.63, 3.8) is 0 Å². The summed E-state index contributed by atoms with van der Waals surface area (Å²) in [6.07, 6.45) is 9.03. The molecule has 228 valence electrons. The fourth-order valence-corrected chi connectivity index (χ4v) is 7.91. The van der Waals surface area contributed by atoms with Crippen LogP contribution in [0.3, 0.4) is 0 Å². The van der Waals surface area contributed by atoms with Crippen molar-refractivity contribution in [3.05, 3.63) is 22.0 Å². The molecule has 41 heavy (non-hydrogen) atoms. The summed E-state index contributed by atoms with van der Waals surface area (Å²) in [4.78, 5) is 55.1. The van der Waals surface area contributed by atoms with Gasteiger partial charge in [-0.15, -0.1) is 23.5 Å². The zero-order valence-corrected chi connectivity index (χ0v) is 26.7. The predicted octanol–water partition coefficient (Wildman–Crippen LogP) is 5.03. The molecule has 4 heterocycles. The molecule has 0 saturated carbocycles. The van der Waals surface area contributed by atoms with Gasteiger partial charge in [-0.2, -0.15) is 0 Å². The average molecular weight is 607 g/mol. The molecule has 0 aliphatic carbocycles. The molecule has 4 aliphatic heterocycles. The van der Waals surface area contributed by atoms with E-state index in [0.717, 1.165) is 66.3 Å². The number of hydrogen-bond donors (Lipinski definition) is 0. The van der Waals surface area contributed by atoms with Crippen molar-refractivity contribution in [2.75, 3.05) is 51.0 Å². The largest absolute Gasteiger partial charge is 0.381 e. The van der Waals surface area contributed by atoms with Crippen molar-refractivity contribution >= 4 is 47.2 Å². The molecule has 2 atom stereocenters. The topological polar surface area (TPSA) is 93.2 Å². The molecular weight excluding hydrogens is 560 g/mol. The Morgan fingerprint density at radius 3 is 1.51 bits per heavy atom. The highest BCUT2D eigenvalue weighted by atomic mass is 32.2. The van der Waals surface area contributed by atoms with Crippen molar-refractivity contribution in [1.29, 1.82) is 0 Å². The lowest BCUT2D eigenvalue weighted by atomic mass is 9.85. The number of rotatable bonds is 16. The van der Waals surface area contributed by atoms with Crippen LogP contribution in [0.2, 0.25) is 0 Å². The smallest absolute Gasteiger partial charge is 0.253 e. The van der Waals surface area contributed by atoms with Gasteiger partial charge in [0.05, 0.1) is 11.8 Å². The quantitative estimate of drug-likeness (QED) is 0.178. The van der Waals surface area contributed by atoms with Crippen LogP contribution in [0.1, 0.15) is 72.6 Å². The maximum absolute atomic E-state index is 12.7. The third-order valence-corrected chi connectivity index (χ3v) is 11.0. The lowest BCUT2D eigenvalue weighted by Gasteiger charge is -2.31. The van der Waals surface area contributed by atoms with E-state index in [4.69, 9.17) is 9.47 Å². The SMILES string of the molecule is CC(C)(CCOCCCOCCC(C)(C)CCN1C(=O)C=C2SCCC2C1=O)CCN1C(=O)C=C2SCCC2C1=O. The molecule has 2 fully saturated rings. The summed E-state index contributed by atoms with van der Waals surface area (Å²) >= 11 is 3.27. The molecule has 0 aromatic carbocycles. The van der Waals surface area contributed by atoms with E-state index in [-0.39, 0.29) is 46.3 Å². The molecule has 0 spiro atoms. The Balaban J connectivity index is 1.03. The molecule has 8 nitrogen and oxygen atoms in total. The number of hydrogen-bond acceptors (Lipinski definition) is 8. The van der Waals surface area contributed by atoms with E-state index in [1.807, 2.05) is 0 Å². The maximum Gasteiger partial charge on any atom is 0.253 e. The summed E-state index contributed by atoms with van der Waals surface area (Å²) < 4.78 is 11.7. The molecule has 0 bridgehead atoms. The number of ether oxygens (including phenoxy) is 2. The first-order chi connectivity index (χ1) is 19.5. The van der Waals surface area contributed by atoms with Gasteiger partial charge in [-0.3, -0.25) is 29.0 Å².